The number of carbonyl (C=O) groups excluding carboxylic acids is 3. The zero-order valence-corrected chi connectivity index (χ0v) is 25.5. The lowest BCUT2D eigenvalue weighted by atomic mass is 10.0. The van der Waals surface area contributed by atoms with Crippen molar-refractivity contribution in [3.8, 4) is 5.19 Å². The van der Waals surface area contributed by atoms with E-state index in [9.17, 15) is 14.4 Å². The topological polar surface area (TPSA) is 110 Å². The summed E-state index contributed by atoms with van der Waals surface area (Å²) in [6, 6.07) is 13.7. The van der Waals surface area contributed by atoms with Crippen LogP contribution in [-0.2, 0) is 19.1 Å². The molecule has 43 heavy (non-hydrogen) atoms. The number of rotatable bonds is 5. The molecule has 1 aliphatic carbocycles. The third kappa shape index (κ3) is 6.35. The minimum Gasteiger partial charge on any atom is -0.467 e. The van der Waals surface area contributed by atoms with E-state index in [2.05, 4.69) is 21.7 Å². The number of halogens is 1. The lowest BCUT2D eigenvalue weighted by Crippen LogP contribution is -2.55. The van der Waals surface area contributed by atoms with Crippen LogP contribution >= 0.6 is 22.9 Å². The van der Waals surface area contributed by atoms with Crippen molar-refractivity contribution in [2.24, 2.45) is 5.92 Å². The highest BCUT2D eigenvalue weighted by atomic mass is 35.5. The summed E-state index contributed by atoms with van der Waals surface area (Å²) in [4.78, 5) is 47.3. The summed E-state index contributed by atoms with van der Waals surface area (Å²) in [6.45, 7) is 0.217. The average Bonchev–Trinajstić information content (AvgIpc) is 3.31. The number of para-hydroxylation sites is 1. The molecule has 3 heterocycles. The average molecular weight is 623 g/mol. The molecule has 0 spiro atoms. The van der Waals surface area contributed by atoms with Crippen LogP contribution in [0, 0.1) is 5.92 Å². The first-order chi connectivity index (χ1) is 20.9. The molecule has 9 nitrogen and oxygen atoms in total. The number of hydrogen-bond donors (Lipinski definition) is 2. The lowest BCUT2D eigenvalue weighted by Gasteiger charge is -2.30. The van der Waals surface area contributed by atoms with Crippen LogP contribution in [0.2, 0.25) is 5.02 Å². The van der Waals surface area contributed by atoms with Crippen LogP contribution in [0.1, 0.15) is 44.9 Å². The fourth-order valence-corrected chi connectivity index (χ4v) is 7.21. The number of benzene rings is 2. The smallest absolute Gasteiger partial charge is 0.332 e. The monoisotopic (exact) mass is 622 g/mol. The van der Waals surface area contributed by atoms with Crippen molar-refractivity contribution in [2.45, 2.75) is 68.7 Å². The number of hydrogen-bond acceptors (Lipinski definition) is 8. The zero-order chi connectivity index (χ0) is 30.0. The third-order valence-electron chi connectivity index (χ3n) is 8.50. The molecule has 2 aromatic carbocycles. The van der Waals surface area contributed by atoms with Gasteiger partial charge in [-0.15, -0.1) is 0 Å². The van der Waals surface area contributed by atoms with E-state index in [4.69, 9.17) is 21.1 Å². The molecule has 11 heteroatoms. The first kappa shape index (κ1) is 29.4. The number of allylic oxidation sites excluding steroid dienone is 1. The molecule has 1 saturated heterocycles. The summed E-state index contributed by atoms with van der Waals surface area (Å²) in [5.74, 6) is -1.20. The standard InChI is InChI=1S/C32H35ClN4O5S/c1-41-30(40)32-18-20(32)10-5-3-2-4-6-14-25(34-22-12-9-11-21(33)16-22)29(39)37-19-23(17-26(37)28(38)36-32)42-31-35-24-13-7-8-15-27(24)43-31/h5,7-13,15-16,20,23,25-26,34H,2-4,6,14,17-19H2,1H3,(H,36,38)/t20-,23-,25+,26+,32-/m1/s1. The number of nitrogens with zero attached hydrogens (tertiary/aromatic N) is 2. The second kappa shape index (κ2) is 12.5. The zero-order valence-electron chi connectivity index (χ0n) is 24.0. The first-order valence-corrected chi connectivity index (χ1v) is 16.0. The summed E-state index contributed by atoms with van der Waals surface area (Å²) in [5, 5.41) is 7.43. The minimum atomic E-state index is -1.12. The molecule has 3 aliphatic rings. The molecule has 3 aromatic rings. The fraction of sp³-hybridized carbons (Fsp3) is 0.438. The van der Waals surface area contributed by atoms with Crippen LogP contribution in [0.15, 0.2) is 60.7 Å². The molecule has 2 N–H and O–H groups in total. The predicted octanol–water partition coefficient (Wildman–Crippen LogP) is 5.35. The van der Waals surface area contributed by atoms with E-state index in [-0.39, 0.29) is 30.7 Å². The highest BCUT2D eigenvalue weighted by Gasteiger charge is 2.62. The van der Waals surface area contributed by atoms with Gasteiger partial charge in [0.1, 0.15) is 23.7 Å². The molecule has 1 aromatic heterocycles. The van der Waals surface area contributed by atoms with Crippen molar-refractivity contribution in [2.75, 3.05) is 19.0 Å². The largest absolute Gasteiger partial charge is 0.467 e. The Kier molecular flexibility index (Phi) is 8.59. The van der Waals surface area contributed by atoms with Gasteiger partial charge in [0.05, 0.1) is 23.9 Å². The number of fused-ring (bicyclic) bond motifs is 3. The van der Waals surface area contributed by atoms with E-state index in [1.165, 1.54) is 18.4 Å². The van der Waals surface area contributed by atoms with E-state index >= 15 is 0 Å². The van der Waals surface area contributed by atoms with Gasteiger partial charge >= 0.3 is 5.97 Å². The molecule has 6 rings (SSSR count). The van der Waals surface area contributed by atoms with Crippen molar-refractivity contribution in [1.82, 2.24) is 15.2 Å². The third-order valence-corrected chi connectivity index (χ3v) is 9.66. The molecule has 2 amide bonds. The Hall–Kier alpha value is -3.63. The Morgan fingerprint density at radius 1 is 1.16 bits per heavy atom. The second-order valence-electron chi connectivity index (χ2n) is 11.5. The Morgan fingerprint density at radius 3 is 2.84 bits per heavy atom. The van der Waals surface area contributed by atoms with Gasteiger partial charge in [0, 0.05) is 23.0 Å². The lowest BCUT2D eigenvalue weighted by molar-refractivity contribution is -0.148. The second-order valence-corrected chi connectivity index (χ2v) is 12.9. The highest BCUT2D eigenvalue weighted by Crippen LogP contribution is 2.46. The number of ether oxygens (including phenoxy) is 2. The number of carbonyl (C=O) groups is 3. The number of anilines is 1. The molecule has 2 fully saturated rings. The van der Waals surface area contributed by atoms with Crippen molar-refractivity contribution in [1.29, 1.82) is 0 Å². The van der Waals surface area contributed by atoms with Gasteiger partial charge < -0.3 is 25.0 Å². The predicted molar refractivity (Wildman–Crippen MR) is 166 cm³/mol. The number of aromatic nitrogens is 1. The first-order valence-electron chi connectivity index (χ1n) is 14.8. The summed E-state index contributed by atoms with van der Waals surface area (Å²) < 4.78 is 12.4. The van der Waals surface area contributed by atoms with Crippen LogP contribution in [0.5, 0.6) is 5.19 Å². The van der Waals surface area contributed by atoms with E-state index in [0.29, 0.717) is 23.1 Å². The number of esters is 1. The van der Waals surface area contributed by atoms with Crippen molar-refractivity contribution < 1.29 is 23.9 Å². The van der Waals surface area contributed by atoms with Crippen LogP contribution < -0.4 is 15.4 Å². The molecular formula is C32H35ClN4O5S. The van der Waals surface area contributed by atoms with Crippen molar-refractivity contribution in [3.63, 3.8) is 0 Å². The van der Waals surface area contributed by atoms with E-state index in [0.717, 1.165) is 41.6 Å². The summed E-state index contributed by atoms with van der Waals surface area (Å²) >= 11 is 7.67. The summed E-state index contributed by atoms with van der Waals surface area (Å²) in [5.41, 5.74) is 0.448. The van der Waals surface area contributed by atoms with Crippen molar-refractivity contribution >= 4 is 56.6 Å². The van der Waals surface area contributed by atoms with Gasteiger partial charge in [-0.1, -0.05) is 66.1 Å². The summed E-state index contributed by atoms with van der Waals surface area (Å²) in [7, 11) is 1.33. The SMILES string of the molecule is COC(=O)[C@@]12C[C@H]1C=CCCCCC[C@H](Nc1cccc(Cl)c1)C(=O)N1C[C@H](Oc3nc4ccccc4s3)C[C@H]1C(=O)N2. The Balaban J connectivity index is 1.29. The minimum absolute atomic E-state index is 0.147. The normalized spacial score (nSPS) is 27.8. The molecule has 0 radical (unpaired) electrons. The maximum atomic E-state index is 14.3. The molecular weight excluding hydrogens is 588 g/mol. The van der Waals surface area contributed by atoms with E-state index < -0.39 is 29.7 Å². The quantitative estimate of drug-likeness (QED) is 0.292. The van der Waals surface area contributed by atoms with Gasteiger partial charge in [0.25, 0.3) is 5.19 Å². The van der Waals surface area contributed by atoms with Gasteiger partial charge in [-0.05, 0) is 56.0 Å². The summed E-state index contributed by atoms with van der Waals surface area (Å²) in [6.07, 6.45) is 8.58. The Morgan fingerprint density at radius 2 is 2.02 bits per heavy atom. The van der Waals surface area contributed by atoms with E-state index in [1.807, 2.05) is 42.5 Å². The number of methoxy groups -OCH3 is 1. The van der Waals surface area contributed by atoms with Crippen molar-refractivity contribution in [3.05, 3.63) is 65.7 Å². The Labute approximate surface area is 259 Å². The van der Waals surface area contributed by atoms with Crippen LogP contribution in [0.4, 0.5) is 5.69 Å². The molecule has 5 atom stereocenters. The number of amides is 2. The van der Waals surface area contributed by atoms with Crippen LogP contribution in [-0.4, -0.2) is 65.0 Å². The molecule has 226 valence electrons. The highest BCUT2D eigenvalue weighted by molar-refractivity contribution is 7.20. The maximum absolute atomic E-state index is 14.3. The number of thiazole rings is 1. The molecule has 0 unspecified atom stereocenters. The molecule has 0 bridgehead atoms. The maximum Gasteiger partial charge on any atom is 0.332 e. The van der Waals surface area contributed by atoms with Crippen LogP contribution in [0.25, 0.3) is 10.2 Å². The van der Waals surface area contributed by atoms with E-state index in [1.54, 1.807) is 17.0 Å². The Bertz CT molecular complexity index is 1510. The van der Waals surface area contributed by atoms with Gasteiger partial charge in [0.15, 0.2) is 0 Å². The molecule has 2 aliphatic heterocycles. The number of nitrogens with one attached hydrogen (secondary N) is 2. The fourth-order valence-electron chi connectivity index (χ4n) is 6.14. The van der Waals surface area contributed by atoms with Gasteiger partial charge in [-0.2, -0.15) is 0 Å². The van der Waals surface area contributed by atoms with Crippen LogP contribution in [0.3, 0.4) is 0 Å². The van der Waals surface area contributed by atoms with Gasteiger partial charge in [0.2, 0.25) is 11.8 Å². The van der Waals surface area contributed by atoms with Gasteiger partial charge in [-0.25, -0.2) is 9.78 Å². The molecule has 1 saturated carbocycles. The van der Waals surface area contributed by atoms with Gasteiger partial charge in [-0.3, -0.25) is 9.59 Å².